The Balaban J connectivity index is 1.49. The van der Waals surface area contributed by atoms with Gasteiger partial charge in [-0.2, -0.15) is 0 Å². The van der Waals surface area contributed by atoms with Crippen LogP contribution in [0.3, 0.4) is 0 Å². The first-order valence-electron chi connectivity index (χ1n) is 7.32. The zero-order valence-corrected chi connectivity index (χ0v) is 15.9. The lowest BCUT2D eigenvalue weighted by atomic mass is 10.2. The average Bonchev–Trinajstić information content (AvgIpc) is 3.07. The molecule has 2 heterocycles. The fourth-order valence-corrected chi connectivity index (χ4v) is 6.50. The molecule has 1 aliphatic rings. The lowest BCUT2D eigenvalue weighted by Gasteiger charge is -2.13. The van der Waals surface area contributed by atoms with Crippen LogP contribution in [0.15, 0.2) is 51.7 Å². The van der Waals surface area contributed by atoms with Crippen molar-refractivity contribution in [3.63, 3.8) is 0 Å². The van der Waals surface area contributed by atoms with Crippen molar-refractivity contribution in [2.24, 2.45) is 0 Å². The summed E-state index contributed by atoms with van der Waals surface area (Å²) in [4.78, 5) is 16.9. The van der Waals surface area contributed by atoms with E-state index >= 15 is 0 Å². The summed E-state index contributed by atoms with van der Waals surface area (Å²) in [6.07, 6.45) is 0. The van der Waals surface area contributed by atoms with Crippen molar-refractivity contribution in [3.05, 3.63) is 53.1 Å². The van der Waals surface area contributed by atoms with Crippen molar-refractivity contribution in [2.75, 3.05) is 12.3 Å². The van der Waals surface area contributed by atoms with E-state index in [-0.39, 0.29) is 17.0 Å². The van der Waals surface area contributed by atoms with Crippen LogP contribution in [-0.2, 0) is 10.0 Å². The summed E-state index contributed by atoms with van der Waals surface area (Å²) in [5.41, 5.74) is 1.06. The molecule has 0 spiro atoms. The van der Waals surface area contributed by atoms with Crippen molar-refractivity contribution >= 4 is 60.8 Å². The maximum Gasteiger partial charge on any atom is 0.269 e. The number of aromatic nitrogens is 1. The van der Waals surface area contributed by atoms with E-state index in [1.807, 2.05) is 12.1 Å². The third-order valence-corrected chi connectivity index (χ3v) is 8.00. The third kappa shape index (κ3) is 2.93. The number of carbonyl (C=O) groups is 1. The molecule has 1 aliphatic heterocycles. The zero-order chi connectivity index (χ0) is 17.6. The normalized spacial score (nSPS) is 15.7. The lowest BCUT2D eigenvalue weighted by molar-refractivity contribution is 0.0876. The fourth-order valence-electron chi connectivity index (χ4n) is 2.61. The summed E-state index contributed by atoms with van der Waals surface area (Å²) in [5, 5.41) is 0.626. The molecule has 128 valence electrons. The molecular formula is C16H11ClN2O3S3. The fraction of sp³-hybridized carbons (Fsp3) is 0.125. The number of hydrogen-bond donors (Lipinski definition) is 0. The number of amides is 1. The topological polar surface area (TPSA) is 67.3 Å². The molecule has 1 aromatic heterocycles. The summed E-state index contributed by atoms with van der Waals surface area (Å²) >= 11 is 8.90. The van der Waals surface area contributed by atoms with E-state index in [4.69, 9.17) is 11.6 Å². The van der Waals surface area contributed by atoms with E-state index in [2.05, 4.69) is 4.98 Å². The second-order valence-corrected chi connectivity index (χ2v) is 9.96. The van der Waals surface area contributed by atoms with Gasteiger partial charge in [-0.25, -0.2) is 17.7 Å². The van der Waals surface area contributed by atoms with E-state index in [0.717, 1.165) is 18.9 Å². The summed E-state index contributed by atoms with van der Waals surface area (Å²) in [6, 6.07) is 11.8. The van der Waals surface area contributed by atoms with Crippen LogP contribution in [0, 0.1) is 0 Å². The molecule has 0 radical (unpaired) electrons. The number of sulfonamides is 1. The Morgan fingerprint density at radius 1 is 1.20 bits per heavy atom. The highest BCUT2D eigenvalue weighted by Gasteiger charge is 2.40. The Labute approximate surface area is 157 Å². The highest BCUT2D eigenvalue weighted by molar-refractivity contribution is 8.01. The zero-order valence-electron chi connectivity index (χ0n) is 12.7. The third-order valence-electron chi connectivity index (χ3n) is 3.76. The van der Waals surface area contributed by atoms with Crippen molar-refractivity contribution in [1.82, 2.24) is 9.29 Å². The average molecular weight is 411 g/mol. The molecule has 2 aromatic carbocycles. The van der Waals surface area contributed by atoms with Crippen LogP contribution in [0.2, 0.25) is 5.02 Å². The molecule has 3 aromatic rings. The lowest BCUT2D eigenvalue weighted by Crippen LogP contribution is -2.32. The first-order valence-corrected chi connectivity index (χ1v) is 10.9. The Morgan fingerprint density at radius 3 is 2.80 bits per heavy atom. The molecule has 0 unspecified atom stereocenters. The highest BCUT2D eigenvalue weighted by Crippen LogP contribution is 2.33. The number of benzene rings is 2. The first kappa shape index (κ1) is 16.8. The quantitative estimate of drug-likeness (QED) is 0.610. The predicted molar refractivity (Wildman–Crippen MR) is 100 cm³/mol. The van der Waals surface area contributed by atoms with E-state index in [0.29, 0.717) is 10.8 Å². The van der Waals surface area contributed by atoms with Crippen LogP contribution in [0.1, 0.15) is 10.4 Å². The maximum atomic E-state index is 12.5. The second kappa shape index (κ2) is 6.28. The van der Waals surface area contributed by atoms with Crippen molar-refractivity contribution < 1.29 is 13.2 Å². The molecular weight excluding hydrogens is 400 g/mol. The van der Waals surface area contributed by atoms with Gasteiger partial charge in [-0.15, -0.1) is 11.3 Å². The second-order valence-electron chi connectivity index (χ2n) is 5.32. The van der Waals surface area contributed by atoms with Crippen molar-refractivity contribution in [2.45, 2.75) is 9.24 Å². The number of thiazole rings is 1. The minimum atomic E-state index is -3.74. The molecule has 0 saturated heterocycles. The SMILES string of the molecule is O=C1c2ccccc2S(=O)(=O)N1CCSc1nc2cc(Cl)ccc2s1. The van der Waals surface area contributed by atoms with Gasteiger partial charge in [0.05, 0.1) is 15.8 Å². The number of rotatable bonds is 4. The van der Waals surface area contributed by atoms with E-state index < -0.39 is 15.9 Å². The number of thioether (sulfide) groups is 1. The van der Waals surface area contributed by atoms with E-state index in [1.54, 1.807) is 24.3 Å². The Morgan fingerprint density at radius 2 is 2.00 bits per heavy atom. The molecule has 25 heavy (non-hydrogen) atoms. The number of hydrogen-bond acceptors (Lipinski definition) is 6. The summed E-state index contributed by atoms with van der Waals surface area (Å²) in [5.74, 6) is -0.0285. The van der Waals surface area contributed by atoms with Gasteiger partial charge in [0.25, 0.3) is 15.9 Å². The molecule has 5 nitrogen and oxygen atoms in total. The summed E-state index contributed by atoms with van der Waals surface area (Å²) in [6.45, 7) is 0.108. The predicted octanol–water partition coefficient (Wildman–Crippen LogP) is 3.89. The number of fused-ring (bicyclic) bond motifs is 2. The number of carbonyl (C=O) groups excluding carboxylic acids is 1. The Hall–Kier alpha value is -1.61. The summed E-state index contributed by atoms with van der Waals surface area (Å²) < 4.78 is 27.7. The van der Waals surface area contributed by atoms with Crippen LogP contribution in [0.5, 0.6) is 0 Å². The Bertz CT molecular complexity index is 1090. The molecule has 0 atom stereocenters. The highest BCUT2D eigenvalue weighted by atomic mass is 35.5. The number of halogens is 1. The molecule has 1 amide bonds. The van der Waals surface area contributed by atoms with Gasteiger partial charge in [-0.05, 0) is 30.3 Å². The smallest absolute Gasteiger partial charge is 0.268 e. The van der Waals surface area contributed by atoms with Gasteiger partial charge in [0, 0.05) is 17.3 Å². The van der Waals surface area contributed by atoms with Gasteiger partial charge in [-0.1, -0.05) is 35.5 Å². The van der Waals surface area contributed by atoms with Gasteiger partial charge in [-0.3, -0.25) is 4.79 Å². The van der Waals surface area contributed by atoms with Crippen molar-refractivity contribution in [3.8, 4) is 0 Å². The van der Waals surface area contributed by atoms with Gasteiger partial charge in [0.15, 0.2) is 4.34 Å². The molecule has 9 heteroatoms. The first-order chi connectivity index (χ1) is 12.0. The van der Waals surface area contributed by atoms with Crippen LogP contribution in [0.25, 0.3) is 10.2 Å². The molecule has 0 fully saturated rings. The minimum absolute atomic E-state index is 0.0830. The van der Waals surface area contributed by atoms with Gasteiger partial charge in [0.1, 0.15) is 4.90 Å². The van der Waals surface area contributed by atoms with Crippen LogP contribution in [0.4, 0.5) is 0 Å². The molecule has 0 aliphatic carbocycles. The molecule has 0 bridgehead atoms. The van der Waals surface area contributed by atoms with Crippen molar-refractivity contribution in [1.29, 1.82) is 0 Å². The van der Waals surface area contributed by atoms with Crippen LogP contribution in [-0.4, -0.2) is 35.9 Å². The van der Waals surface area contributed by atoms with Gasteiger partial charge in [0.2, 0.25) is 0 Å². The number of nitrogens with zero attached hydrogens (tertiary/aromatic N) is 2. The monoisotopic (exact) mass is 410 g/mol. The standard InChI is InChI=1S/C16H11ClN2O3S3/c17-10-5-6-13-12(9-10)18-16(24-13)23-8-7-19-15(20)11-3-1-2-4-14(11)25(19,21)22/h1-6,9H,7-8H2. The van der Waals surface area contributed by atoms with Crippen LogP contribution < -0.4 is 0 Å². The van der Waals surface area contributed by atoms with E-state index in [9.17, 15) is 13.2 Å². The van der Waals surface area contributed by atoms with Gasteiger partial charge < -0.3 is 0 Å². The van der Waals surface area contributed by atoms with E-state index in [1.165, 1.54) is 29.2 Å². The van der Waals surface area contributed by atoms with Crippen LogP contribution >= 0.6 is 34.7 Å². The van der Waals surface area contributed by atoms with Gasteiger partial charge >= 0.3 is 0 Å². The maximum absolute atomic E-state index is 12.5. The minimum Gasteiger partial charge on any atom is -0.268 e. The molecule has 0 saturated carbocycles. The molecule has 4 rings (SSSR count). The Kier molecular flexibility index (Phi) is 4.23. The largest absolute Gasteiger partial charge is 0.269 e. The summed E-state index contributed by atoms with van der Waals surface area (Å²) in [7, 11) is -3.74. The molecule has 0 N–H and O–H groups in total.